The van der Waals surface area contributed by atoms with E-state index in [1.165, 1.54) is 12.1 Å². The zero-order valence-corrected chi connectivity index (χ0v) is 18.4. The zero-order valence-electron chi connectivity index (χ0n) is 18.4. The smallest absolute Gasteiger partial charge is 0.227 e. The maximum absolute atomic E-state index is 13.3. The van der Waals surface area contributed by atoms with Crippen LogP contribution in [0.25, 0.3) is 0 Å². The van der Waals surface area contributed by atoms with Crippen LogP contribution in [0.5, 0.6) is 0 Å². The topological polar surface area (TPSA) is 73.2 Å². The highest BCUT2D eigenvalue weighted by Crippen LogP contribution is 2.29. The number of amides is 2. The fourth-order valence-electron chi connectivity index (χ4n) is 3.35. The molecular weight excluding hydrogens is 393 g/mol. The van der Waals surface area contributed by atoms with Crippen molar-refractivity contribution in [3.05, 3.63) is 66.0 Å². The molecule has 2 rings (SSSR count). The number of hydrogen-bond donors (Lipinski definition) is 1. The van der Waals surface area contributed by atoms with Gasteiger partial charge in [-0.15, -0.1) is 0 Å². The summed E-state index contributed by atoms with van der Waals surface area (Å²) >= 11 is 0. The Morgan fingerprint density at radius 2 is 1.71 bits per heavy atom. The summed E-state index contributed by atoms with van der Waals surface area (Å²) in [4.78, 5) is 27.0. The number of anilines is 1. The van der Waals surface area contributed by atoms with Crippen LogP contribution in [0.3, 0.4) is 0 Å². The summed E-state index contributed by atoms with van der Waals surface area (Å²) in [6.07, 6.45) is 0.968. The van der Waals surface area contributed by atoms with E-state index in [9.17, 15) is 14.0 Å². The van der Waals surface area contributed by atoms with E-state index in [0.29, 0.717) is 12.1 Å². The first-order valence-corrected chi connectivity index (χ1v) is 10.5. The molecule has 1 N–H and O–H groups in total. The Labute approximate surface area is 183 Å². The molecule has 0 spiro atoms. The molecule has 31 heavy (non-hydrogen) atoms. The highest BCUT2D eigenvalue weighted by Gasteiger charge is 2.23. The predicted molar refractivity (Wildman–Crippen MR) is 120 cm³/mol. The van der Waals surface area contributed by atoms with Gasteiger partial charge in [0.1, 0.15) is 5.82 Å². The number of nitriles is 1. The van der Waals surface area contributed by atoms with E-state index in [2.05, 4.69) is 32.2 Å². The summed E-state index contributed by atoms with van der Waals surface area (Å²) < 4.78 is 13.3. The average molecular weight is 424 g/mol. The van der Waals surface area contributed by atoms with Crippen molar-refractivity contribution < 1.29 is 14.0 Å². The minimum atomic E-state index is -0.325. The third-order valence-electron chi connectivity index (χ3n) is 4.81. The lowest BCUT2D eigenvalue weighted by Gasteiger charge is -2.27. The number of hydrogen-bond acceptors (Lipinski definition) is 3. The van der Waals surface area contributed by atoms with Gasteiger partial charge in [-0.2, -0.15) is 5.26 Å². The van der Waals surface area contributed by atoms with E-state index in [0.717, 1.165) is 5.56 Å². The standard InChI is InChI=1S/C25H30FN3O2/c1-25(2,3)18-22(19-10-12-20(26)13-11-19)28-23(30)14-15-24(31)29(17-7-16-27)21-8-5-4-6-9-21/h4-6,8-13,22H,7,14-15,17-18H2,1-3H3,(H,28,30). The summed E-state index contributed by atoms with van der Waals surface area (Å²) in [6, 6.07) is 17.0. The van der Waals surface area contributed by atoms with Crippen molar-refractivity contribution in [2.24, 2.45) is 5.41 Å². The van der Waals surface area contributed by atoms with E-state index in [1.807, 2.05) is 30.3 Å². The molecule has 2 amide bonds. The molecule has 2 aromatic rings. The third-order valence-corrected chi connectivity index (χ3v) is 4.81. The molecule has 1 unspecified atom stereocenters. The van der Waals surface area contributed by atoms with Crippen LogP contribution in [0, 0.1) is 22.6 Å². The van der Waals surface area contributed by atoms with Gasteiger partial charge in [-0.05, 0) is 41.7 Å². The Kier molecular flexibility index (Phi) is 8.75. The molecule has 6 heteroatoms. The van der Waals surface area contributed by atoms with Gasteiger partial charge in [-0.3, -0.25) is 9.59 Å². The number of rotatable bonds is 9. The molecule has 0 aromatic heterocycles. The summed E-state index contributed by atoms with van der Waals surface area (Å²) in [5, 5.41) is 11.9. The van der Waals surface area contributed by atoms with E-state index < -0.39 is 0 Å². The molecule has 1 atom stereocenters. The minimum Gasteiger partial charge on any atom is -0.349 e. The van der Waals surface area contributed by atoms with Gasteiger partial charge in [0, 0.05) is 25.1 Å². The van der Waals surface area contributed by atoms with Crippen molar-refractivity contribution in [1.29, 1.82) is 5.26 Å². The largest absolute Gasteiger partial charge is 0.349 e. The number of nitrogens with one attached hydrogen (secondary N) is 1. The van der Waals surface area contributed by atoms with Crippen molar-refractivity contribution in [2.75, 3.05) is 11.4 Å². The van der Waals surface area contributed by atoms with Crippen molar-refractivity contribution in [3.63, 3.8) is 0 Å². The molecule has 2 aromatic carbocycles. The third kappa shape index (κ3) is 8.21. The van der Waals surface area contributed by atoms with Crippen molar-refractivity contribution >= 4 is 17.5 Å². The maximum atomic E-state index is 13.3. The molecule has 0 aliphatic carbocycles. The van der Waals surface area contributed by atoms with Crippen molar-refractivity contribution in [2.45, 2.75) is 52.5 Å². The number of para-hydroxylation sites is 1. The average Bonchev–Trinajstić information content (AvgIpc) is 2.72. The fraction of sp³-hybridized carbons (Fsp3) is 0.400. The quantitative estimate of drug-likeness (QED) is 0.606. The number of carbonyl (C=O) groups is 2. The number of benzene rings is 2. The highest BCUT2D eigenvalue weighted by atomic mass is 19.1. The van der Waals surface area contributed by atoms with Crippen LogP contribution in [0.15, 0.2) is 54.6 Å². The van der Waals surface area contributed by atoms with E-state index in [-0.39, 0.29) is 54.9 Å². The minimum absolute atomic E-state index is 0.0383. The Bertz CT molecular complexity index is 899. The van der Waals surface area contributed by atoms with Gasteiger partial charge in [0.2, 0.25) is 11.8 Å². The molecule has 0 saturated heterocycles. The Morgan fingerprint density at radius 1 is 1.06 bits per heavy atom. The second kappa shape index (κ2) is 11.3. The molecular formula is C25H30FN3O2. The van der Waals surface area contributed by atoms with Crippen LogP contribution in [0.2, 0.25) is 0 Å². The van der Waals surface area contributed by atoms with Crippen molar-refractivity contribution in [1.82, 2.24) is 5.32 Å². The monoisotopic (exact) mass is 423 g/mol. The first-order chi connectivity index (χ1) is 14.7. The highest BCUT2D eigenvalue weighted by molar-refractivity contribution is 5.95. The van der Waals surface area contributed by atoms with Gasteiger partial charge >= 0.3 is 0 Å². The molecule has 0 heterocycles. The molecule has 0 saturated carbocycles. The van der Waals surface area contributed by atoms with E-state index in [4.69, 9.17) is 5.26 Å². The number of nitrogens with zero attached hydrogens (tertiary/aromatic N) is 2. The lowest BCUT2D eigenvalue weighted by atomic mass is 9.85. The lowest BCUT2D eigenvalue weighted by Crippen LogP contribution is -2.35. The number of carbonyl (C=O) groups excluding carboxylic acids is 2. The Morgan fingerprint density at radius 3 is 2.29 bits per heavy atom. The van der Waals surface area contributed by atoms with Crippen LogP contribution in [0.4, 0.5) is 10.1 Å². The normalized spacial score (nSPS) is 12.0. The molecule has 0 aliphatic rings. The summed E-state index contributed by atoms with van der Waals surface area (Å²) in [6.45, 7) is 6.51. The van der Waals surface area contributed by atoms with Gasteiger partial charge in [0.05, 0.1) is 18.5 Å². The van der Waals surface area contributed by atoms with Gasteiger partial charge in [0.25, 0.3) is 0 Å². The summed E-state index contributed by atoms with van der Waals surface area (Å²) in [5.74, 6) is -0.764. The molecule has 0 fully saturated rings. The molecule has 164 valence electrons. The Balaban J connectivity index is 2.03. The first-order valence-electron chi connectivity index (χ1n) is 10.5. The van der Waals surface area contributed by atoms with E-state index >= 15 is 0 Å². The van der Waals surface area contributed by atoms with E-state index in [1.54, 1.807) is 17.0 Å². The molecule has 0 aliphatic heterocycles. The van der Waals surface area contributed by atoms with Gasteiger partial charge < -0.3 is 10.2 Å². The lowest BCUT2D eigenvalue weighted by molar-refractivity contribution is -0.125. The van der Waals surface area contributed by atoms with Crippen LogP contribution in [-0.4, -0.2) is 18.4 Å². The predicted octanol–water partition coefficient (Wildman–Crippen LogP) is 5.15. The first kappa shape index (κ1) is 24.1. The van der Waals surface area contributed by atoms with Crippen LogP contribution in [0.1, 0.15) is 58.1 Å². The molecule has 0 radical (unpaired) electrons. The summed E-state index contributed by atoms with van der Waals surface area (Å²) in [7, 11) is 0. The van der Waals surface area contributed by atoms with Crippen molar-refractivity contribution in [3.8, 4) is 6.07 Å². The van der Waals surface area contributed by atoms with Crippen LogP contribution in [-0.2, 0) is 9.59 Å². The Hall–Kier alpha value is -3.20. The maximum Gasteiger partial charge on any atom is 0.227 e. The second-order valence-electron chi connectivity index (χ2n) is 8.73. The molecule has 0 bridgehead atoms. The van der Waals surface area contributed by atoms with Crippen LogP contribution >= 0.6 is 0 Å². The van der Waals surface area contributed by atoms with Gasteiger partial charge in [0.15, 0.2) is 0 Å². The summed E-state index contributed by atoms with van der Waals surface area (Å²) in [5.41, 5.74) is 1.49. The number of halogens is 1. The molecule has 5 nitrogen and oxygen atoms in total. The van der Waals surface area contributed by atoms with Gasteiger partial charge in [-0.1, -0.05) is 51.1 Å². The zero-order chi connectivity index (χ0) is 22.9. The fourth-order valence-corrected chi connectivity index (χ4v) is 3.35. The van der Waals surface area contributed by atoms with Crippen LogP contribution < -0.4 is 10.2 Å². The second-order valence-corrected chi connectivity index (χ2v) is 8.73. The SMILES string of the molecule is CC(C)(C)CC(NC(=O)CCC(=O)N(CCC#N)c1ccccc1)c1ccc(F)cc1. The van der Waals surface area contributed by atoms with Gasteiger partial charge in [-0.25, -0.2) is 4.39 Å².